The Morgan fingerprint density at radius 1 is 1.54 bits per heavy atom. The summed E-state index contributed by atoms with van der Waals surface area (Å²) in [6, 6.07) is 1.88. The van der Waals surface area contributed by atoms with Crippen molar-refractivity contribution in [1.29, 1.82) is 0 Å². The Labute approximate surface area is 83.9 Å². The summed E-state index contributed by atoms with van der Waals surface area (Å²) < 4.78 is 5.52. The average Bonchev–Trinajstić information content (AvgIpc) is 2.19. The SMILES string of the molecule is CCCCOc1cnccc1CCl. The van der Waals surface area contributed by atoms with Crippen LogP contribution in [0.1, 0.15) is 25.3 Å². The van der Waals surface area contributed by atoms with E-state index in [-0.39, 0.29) is 0 Å². The number of unbranched alkanes of at least 4 members (excludes halogenated alkanes) is 1. The van der Waals surface area contributed by atoms with Gasteiger partial charge in [-0.2, -0.15) is 0 Å². The van der Waals surface area contributed by atoms with Gasteiger partial charge >= 0.3 is 0 Å². The Morgan fingerprint density at radius 2 is 2.38 bits per heavy atom. The monoisotopic (exact) mass is 199 g/mol. The van der Waals surface area contributed by atoms with Gasteiger partial charge in [-0.05, 0) is 12.5 Å². The molecule has 0 N–H and O–H groups in total. The molecule has 0 aliphatic rings. The van der Waals surface area contributed by atoms with E-state index >= 15 is 0 Å². The van der Waals surface area contributed by atoms with Gasteiger partial charge in [-0.1, -0.05) is 13.3 Å². The first kappa shape index (κ1) is 10.3. The van der Waals surface area contributed by atoms with Crippen LogP contribution < -0.4 is 4.74 Å². The Balaban J connectivity index is 2.54. The van der Waals surface area contributed by atoms with E-state index in [4.69, 9.17) is 16.3 Å². The Bertz CT molecular complexity index is 252. The summed E-state index contributed by atoms with van der Waals surface area (Å²) in [5.41, 5.74) is 1.01. The first-order valence-electron chi connectivity index (χ1n) is 4.50. The third-order valence-electron chi connectivity index (χ3n) is 1.77. The molecule has 2 nitrogen and oxygen atoms in total. The van der Waals surface area contributed by atoms with Crippen LogP contribution in [0.25, 0.3) is 0 Å². The average molecular weight is 200 g/mol. The highest BCUT2D eigenvalue weighted by Crippen LogP contribution is 2.18. The molecule has 0 saturated heterocycles. The minimum atomic E-state index is 0.476. The van der Waals surface area contributed by atoms with Crippen LogP contribution in [-0.2, 0) is 5.88 Å². The Morgan fingerprint density at radius 3 is 3.08 bits per heavy atom. The van der Waals surface area contributed by atoms with Crippen LogP contribution in [0.2, 0.25) is 0 Å². The van der Waals surface area contributed by atoms with Gasteiger partial charge in [0.25, 0.3) is 0 Å². The number of nitrogens with zero attached hydrogens (tertiary/aromatic N) is 1. The molecule has 0 fully saturated rings. The third kappa shape index (κ3) is 3.23. The molecule has 3 heteroatoms. The molecule has 0 atom stereocenters. The van der Waals surface area contributed by atoms with E-state index in [1.54, 1.807) is 12.4 Å². The van der Waals surface area contributed by atoms with E-state index in [9.17, 15) is 0 Å². The zero-order chi connectivity index (χ0) is 9.52. The molecule has 0 saturated carbocycles. The van der Waals surface area contributed by atoms with Crippen molar-refractivity contribution in [1.82, 2.24) is 4.98 Å². The second kappa shape index (κ2) is 5.81. The van der Waals surface area contributed by atoms with Gasteiger partial charge in [0.15, 0.2) is 0 Å². The van der Waals surface area contributed by atoms with E-state index in [1.807, 2.05) is 6.07 Å². The van der Waals surface area contributed by atoms with Gasteiger partial charge in [0, 0.05) is 11.8 Å². The summed E-state index contributed by atoms with van der Waals surface area (Å²) in [6.07, 6.45) is 5.64. The van der Waals surface area contributed by atoms with Crippen molar-refractivity contribution < 1.29 is 4.74 Å². The molecule has 1 aromatic heterocycles. The highest BCUT2D eigenvalue weighted by molar-refractivity contribution is 6.17. The van der Waals surface area contributed by atoms with E-state index < -0.39 is 0 Å². The highest BCUT2D eigenvalue weighted by Gasteiger charge is 2.00. The zero-order valence-corrected chi connectivity index (χ0v) is 8.55. The van der Waals surface area contributed by atoms with Crippen molar-refractivity contribution in [2.45, 2.75) is 25.6 Å². The second-order valence-corrected chi connectivity index (χ2v) is 3.09. The lowest BCUT2D eigenvalue weighted by atomic mass is 10.3. The summed E-state index contributed by atoms with van der Waals surface area (Å²) in [5.74, 6) is 1.29. The molecule has 1 rings (SSSR count). The number of aromatic nitrogens is 1. The van der Waals surface area contributed by atoms with Crippen molar-refractivity contribution in [2.75, 3.05) is 6.61 Å². The molecule has 0 spiro atoms. The predicted octanol–water partition coefficient (Wildman–Crippen LogP) is 3.00. The fraction of sp³-hybridized carbons (Fsp3) is 0.500. The molecule has 0 bridgehead atoms. The van der Waals surface area contributed by atoms with Crippen LogP contribution >= 0.6 is 11.6 Å². The van der Waals surface area contributed by atoms with E-state index in [2.05, 4.69) is 11.9 Å². The number of rotatable bonds is 5. The maximum Gasteiger partial charge on any atom is 0.141 e. The van der Waals surface area contributed by atoms with E-state index in [0.29, 0.717) is 5.88 Å². The Kier molecular flexibility index (Phi) is 4.61. The smallest absolute Gasteiger partial charge is 0.141 e. The molecule has 13 heavy (non-hydrogen) atoms. The summed E-state index contributed by atoms with van der Waals surface area (Å²) >= 11 is 5.74. The largest absolute Gasteiger partial charge is 0.492 e. The van der Waals surface area contributed by atoms with Crippen molar-refractivity contribution >= 4 is 11.6 Å². The van der Waals surface area contributed by atoms with Crippen molar-refractivity contribution in [2.24, 2.45) is 0 Å². The lowest BCUT2D eigenvalue weighted by Crippen LogP contribution is -1.99. The number of ether oxygens (including phenoxy) is 1. The maximum absolute atomic E-state index is 5.74. The van der Waals surface area contributed by atoms with Crippen molar-refractivity contribution in [3.8, 4) is 5.75 Å². The maximum atomic E-state index is 5.74. The van der Waals surface area contributed by atoms with Gasteiger partial charge in [0.2, 0.25) is 0 Å². The minimum Gasteiger partial charge on any atom is -0.492 e. The number of hydrogen-bond acceptors (Lipinski definition) is 2. The summed E-state index contributed by atoms with van der Waals surface area (Å²) in [5, 5.41) is 0. The van der Waals surface area contributed by atoms with Crippen LogP contribution in [0.15, 0.2) is 18.5 Å². The number of alkyl halides is 1. The molecule has 0 radical (unpaired) electrons. The first-order chi connectivity index (χ1) is 6.38. The molecule has 1 heterocycles. The number of halogens is 1. The second-order valence-electron chi connectivity index (χ2n) is 2.82. The zero-order valence-electron chi connectivity index (χ0n) is 7.79. The number of hydrogen-bond donors (Lipinski definition) is 0. The van der Waals surface area contributed by atoms with E-state index in [1.165, 1.54) is 0 Å². The molecule has 72 valence electrons. The summed E-state index contributed by atoms with van der Waals surface area (Å²) in [7, 11) is 0. The van der Waals surface area contributed by atoms with Gasteiger partial charge in [-0.25, -0.2) is 0 Å². The highest BCUT2D eigenvalue weighted by atomic mass is 35.5. The number of pyridine rings is 1. The predicted molar refractivity (Wildman–Crippen MR) is 54.2 cm³/mol. The van der Waals surface area contributed by atoms with Crippen molar-refractivity contribution in [3.63, 3.8) is 0 Å². The third-order valence-corrected chi connectivity index (χ3v) is 2.06. The lowest BCUT2D eigenvalue weighted by Gasteiger charge is -2.07. The quantitative estimate of drug-likeness (QED) is 0.537. The molecular weight excluding hydrogens is 186 g/mol. The van der Waals surface area contributed by atoms with Crippen molar-refractivity contribution in [3.05, 3.63) is 24.0 Å². The van der Waals surface area contributed by atoms with E-state index in [0.717, 1.165) is 30.8 Å². The summed E-state index contributed by atoms with van der Waals surface area (Å²) in [6.45, 7) is 2.88. The van der Waals surface area contributed by atoms with Crippen LogP contribution in [0.5, 0.6) is 5.75 Å². The minimum absolute atomic E-state index is 0.476. The van der Waals surface area contributed by atoms with Gasteiger partial charge in [0.1, 0.15) is 5.75 Å². The molecule has 0 unspecified atom stereocenters. The molecule has 0 aliphatic heterocycles. The standard InChI is InChI=1S/C10H14ClNO/c1-2-3-6-13-10-8-12-5-4-9(10)7-11/h4-5,8H,2-3,6-7H2,1H3. The van der Waals surface area contributed by atoms with Gasteiger partial charge < -0.3 is 4.74 Å². The molecule has 0 amide bonds. The molecule has 0 aromatic carbocycles. The fourth-order valence-electron chi connectivity index (χ4n) is 0.976. The topological polar surface area (TPSA) is 22.1 Å². The lowest BCUT2D eigenvalue weighted by molar-refractivity contribution is 0.306. The van der Waals surface area contributed by atoms with Gasteiger partial charge in [0.05, 0.1) is 18.7 Å². The van der Waals surface area contributed by atoms with Crippen LogP contribution in [-0.4, -0.2) is 11.6 Å². The van der Waals surface area contributed by atoms with Crippen LogP contribution in [0.3, 0.4) is 0 Å². The molecule has 0 aliphatic carbocycles. The van der Waals surface area contributed by atoms with Gasteiger partial charge in [-0.15, -0.1) is 11.6 Å². The van der Waals surface area contributed by atoms with Crippen LogP contribution in [0, 0.1) is 0 Å². The molecular formula is C10H14ClNO. The normalized spacial score (nSPS) is 10.0. The van der Waals surface area contributed by atoms with Gasteiger partial charge in [-0.3, -0.25) is 4.98 Å². The van der Waals surface area contributed by atoms with Crippen LogP contribution in [0.4, 0.5) is 0 Å². The first-order valence-corrected chi connectivity index (χ1v) is 5.03. The fourth-order valence-corrected chi connectivity index (χ4v) is 1.20. The summed E-state index contributed by atoms with van der Waals surface area (Å²) in [4.78, 5) is 3.99. The molecule has 1 aromatic rings. The Hall–Kier alpha value is -0.760.